The van der Waals surface area contributed by atoms with Gasteiger partial charge >= 0.3 is 5.97 Å². The summed E-state index contributed by atoms with van der Waals surface area (Å²) < 4.78 is 18.3. The number of carbonyl (C=O) groups is 2. The number of aliphatic hydroxyl groups is 1. The number of benzene rings is 2. The predicted molar refractivity (Wildman–Crippen MR) is 160 cm³/mol. The highest BCUT2D eigenvalue weighted by molar-refractivity contribution is 5.98. The number of carbonyl (C=O) groups excluding carboxylic acids is 2. The first-order valence-corrected chi connectivity index (χ1v) is 15.0. The van der Waals surface area contributed by atoms with Crippen LogP contribution >= 0.6 is 0 Å². The molecule has 3 aliphatic rings. The number of nitrogens with zero attached hydrogens (tertiary/aromatic N) is 7. The van der Waals surface area contributed by atoms with Crippen LogP contribution in [0.3, 0.4) is 0 Å². The molecular weight excluding hydrogens is 582 g/mol. The van der Waals surface area contributed by atoms with Gasteiger partial charge in [-0.15, -0.1) is 5.11 Å². The van der Waals surface area contributed by atoms with Crippen LogP contribution < -0.4 is 9.47 Å². The normalized spacial score (nSPS) is 17.8. The van der Waals surface area contributed by atoms with E-state index >= 15 is 0 Å². The molecule has 0 aliphatic carbocycles. The van der Waals surface area contributed by atoms with Gasteiger partial charge in [0.25, 0.3) is 5.91 Å². The van der Waals surface area contributed by atoms with E-state index in [4.69, 9.17) is 14.2 Å². The summed E-state index contributed by atoms with van der Waals surface area (Å²) in [4.78, 5) is 34.8. The molecule has 0 spiro atoms. The Hall–Kier alpha value is -4.53. The molecule has 2 N–H and O–H groups in total. The number of morpholine rings is 1. The minimum Gasteiger partial charge on any atom is -0.507 e. The van der Waals surface area contributed by atoms with E-state index in [1.807, 2.05) is 32.0 Å². The van der Waals surface area contributed by atoms with Crippen LogP contribution in [0, 0.1) is 0 Å². The van der Waals surface area contributed by atoms with Crippen molar-refractivity contribution in [2.24, 2.45) is 10.3 Å². The van der Waals surface area contributed by atoms with Crippen LogP contribution in [0.25, 0.3) is 0 Å². The van der Waals surface area contributed by atoms with Crippen LogP contribution in [0.4, 0.5) is 5.82 Å². The SMILES string of the molecule is CC(C)c1cc(C(=O)N2Cc3ccc(OCCCN4CCOCC4)cc3C2)c(O)cc1OC(=O)c1ncn2c1N=NN(C)C2O. The van der Waals surface area contributed by atoms with E-state index in [2.05, 4.69) is 20.2 Å². The summed E-state index contributed by atoms with van der Waals surface area (Å²) in [5.74, 6) is -0.727. The summed E-state index contributed by atoms with van der Waals surface area (Å²) in [5, 5.41) is 30.1. The Morgan fingerprint density at radius 2 is 1.89 bits per heavy atom. The van der Waals surface area contributed by atoms with Crippen molar-refractivity contribution in [2.45, 2.75) is 45.6 Å². The molecule has 1 aromatic heterocycles. The van der Waals surface area contributed by atoms with Gasteiger partial charge in [0, 0.05) is 45.8 Å². The number of hydrogen-bond donors (Lipinski definition) is 2. The number of aromatic hydroxyl groups is 1. The molecule has 1 fully saturated rings. The first kappa shape index (κ1) is 30.5. The Kier molecular flexibility index (Phi) is 8.70. The zero-order valence-corrected chi connectivity index (χ0v) is 25.5. The van der Waals surface area contributed by atoms with E-state index in [-0.39, 0.29) is 40.4 Å². The topological polar surface area (TPSA) is 155 Å². The third-order valence-corrected chi connectivity index (χ3v) is 8.19. The van der Waals surface area contributed by atoms with Gasteiger partial charge in [-0.1, -0.05) is 25.1 Å². The second kappa shape index (κ2) is 12.8. The van der Waals surface area contributed by atoms with Gasteiger partial charge < -0.3 is 29.3 Å². The molecule has 0 radical (unpaired) electrons. The van der Waals surface area contributed by atoms with Crippen molar-refractivity contribution < 1.29 is 34.0 Å². The predicted octanol–water partition coefficient (Wildman–Crippen LogP) is 3.58. The van der Waals surface area contributed by atoms with Crippen LogP contribution in [0.1, 0.15) is 70.1 Å². The second-order valence-corrected chi connectivity index (χ2v) is 11.6. The molecule has 2 aromatic carbocycles. The number of rotatable bonds is 9. The molecule has 45 heavy (non-hydrogen) atoms. The molecule has 14 nitrogen and oxygen atoms in total. The minimum absolute atomic E-state index is 0.0443. The van der Waals surface area contributed by atoms with Gasteiger partial charge in [0.2, 0.25) is 6.35 Å². The molecule has 14 heteroatoms. The Balaban J connectivity index is 1.12. The number of fused-ring (bicyclic) bond motifs is 2. The van der Waals surface area contributed by atoms with Crippen LogP contribution in [-0.2, 0) is 17.8 Å². The fourth-order valence-electron chi connectivity index (χ4n) is 5.63. The fraction of sp³-hybridized carbons (Fsp3) is 0.452. The molecule has 3 aliphatic heterocycles. The fourth-order valence-corrected chi connectivity index (χ4v) is 5.63. The average Bonchev–Trinajstić information content (AvgIpc) is 3.66. The monoisotopic (exact) mass is 619 g/mol. The van der Waals surface area contributed by atoms with E-state index in [1.165, 1.54) is 29.0 Å². The summed E-state index contributed by atoms with van der Waals surface area (Å²) in [6.07, 6.45) is 1.01. The van der Waals surface area contributed by atoms with Gasteiger partial charge in [0.05, 0.1) is 25.4 Å². The van der Waals surface area contributed by atoms with Crippen molar-refractivity contribution in [3.8, 4) is 17.2 Å². The number of ether oxygens (including phenoxy) is 3. The number of aliphatic hydroxyl groups excluding tert-OH is 1. The molecular formula is C31H37N7O7. The maximum absolute atomic E-state index is 13.6. The number of esters is 1. The molecule has 6 rings (SSSR count). The standard InChI is InChI=1S/C31H37N7O7/c1-19(2)23-14-24(25(39)15-26(23)45-30(41)27-28-33-34-35(3)31(42)38(28)18-32-27)29(40)37-16-20-5-6-22(13-21(20)17-37)44-10-4-7-36-8-11-43-12-9-36/h5-6,13-15,18-19,31,39,42H,4,7-12,16-17H2,1-3H3. The van der Waals surface area contributed by atoms with Gasteiger partial charge in [-0.25, -0.2) is 14.8 Å². The molecule has 1 unspecified atom stereocenters. The van der Waals surface area contributed by atoms with Crippen molar-refractivity contribution in [1.29, 1.82) is 0 Å². The largest absolute Gasteiger partial charge is 0.507 e. The van der Waals surface area contributed by atoms with Gasteiger partial charge in [0.15, 0.2) is 11.5 Å². The third-order valence-electron chi connectivity index (χ3n) is 8.19. The maximum atomic E-state index is 13.6. The van der Waals surface area contributed by atoms with Crippen molar-refractivity contribution in [3.05, 3.63) is 64.6 Å². The molecule has 4 heterocycles. The number of phenols is 1. The van der Waals surface area contributed by atoms with Gasteiger partial charge in [-0.3, -0.25) is 14.3 Å². The highest BCUT2D eigenvalue weighted by atomic mass is 16.5. The second-order valence-electron chi connectivity index (χ2n) is 11.6. The number of phenolic OH excluding ortho intramolecular Hbond substituents is 1. The van der Waals surface area contributed by atoms with E-state index in [0.29, 0.717) is 25.3 Å². The molecule has 238 valence electrons. The van der Waals surface area contributed by atoms with Crippen LogP contribution in [0.2, 0.25) is 0 Å². The van der Waals surface area contributed by atoms with E-state index < -0.39 is 12.3 Å². The summed E-state index contributed by atoms with van der Waals surface area (Å²) in [7, 11) is 1.53. The lowest BCUT2D eigenvalue weighted by atomic mass is 9.98. The first-order valence-electron chi connectivity index (χ1n) is 15.0. The molecule has 1 amide bonds. The molecule has 0 saturated carbocycles. The Bertz CT molecular complexity index is 1620. The third kappa shape index (κ3) is 6.34. The number of imidazole rings is 1. The lowest BCUT2D eigenvalue weighted by Crippen LogP contribution is -2.37. The summed E-state index contributed by atoms with van der Waals surface area (Å²) in [6, 6.07) is 8.73. The number of hydrogen-bond acceptors (Lipinski definition) is 12. The Morgan fingerprint density at radius 3 is 2.67 bits per heavy atom. The minimum atomic E-state index is -1.17. The van der Waals surface area contributed by atoms with Crippen molar-refractivity contribution in [1.82, 2.24) is 24.4 Å². The van der Waals surface area contributed by atoms with Crippen LogP contribution in [0.15, 0.2) is 47.0 Å². The van der Waals surface area contributed by atoms with Gasteiger partial charge in [-0.2, -0.15) is 0 Å². The first-order chi connectivity index (χ1) is 21.7. The zero-order chi connectivity index (χ0) is 31.7. The highest BCUT2D eigenvalue weighted by Crippen LogP contribution is 2.37. The molecule has 1 saturated heterocycles. The van der Waals surface area contributed by atoms with E-state index in [0.717, 1.165) is 56.1 Å². The van der Waals surface area contributed by atoms with E-state index in [9.17, 15) is 19.8 Å². The summed E-state index contributed by atoms with van der Waals surface area (Å²) in [5.41, 5.74) is 2.55. The van der Waals surface area contributed by atoms with Crippen LogP contribution in [0.5, 0.6) is 17.2 Å². The highest BCUT2D eigenvalue weighted by Gasteiger charge is 2.31. The van der Waals surface area contributed by atoms with Gasteiger partial charge in [0.1, 0.15) is 23.6 Å². The lowest BCUT2D eigenvalue weighted by molar-refractivity contribution is -0.0491. The van der Waals surface area contributed by atoms with Gasteiger partial charge in [-0.05, 0) is 47.2 Å². The van der Waals surface area contributed by atoms with E-state index in [1.54, 1.807) is 11.0 Å². The Morgan fingerprint density at radius 1 is 1.11 bits per heavy atom. The quantitative estimate of drug-likeness (QED) is 0.206. The number of aromatic nitrogens is 2. The Labute approximate surface area is 260 Å². The molecule has 0 bridgehead atoms. The van der Waals surface area contributed by atoms with Crippen molar-refractivity contribution in [2.75, 3.05) is 46.5 Å². The zero-order valence-electron chi connectivity index (χ0n) is 25.5. The maximum Gasteiger partial charge on any atom is 0.366 e. The van der Waals surface area contributed by atoms with Crippen molar-refractivity contribution in [3.63, 3.8) is 0 Å². The van der Waals surface area contributed by atoms with Crippen molar-refractivity contribution >= 4 is 17.7 Å². The van der Waals surface area contributed by atoms with Crippen LogP contribution in [-0.4, -0.2) is 93.0 Å². The summed E-state index contributed by atoms with van der Waals surface area (Å²) >= 11 is 0. The molecule has 1 atom stereocenters. The summed E-state index contributed by atoms with van der Waals surface area (Å²) in [6.45, 7) is 9.61. The number of amides is 1. The average molecular weight is 620 g/mol. The lowest BCUT2D eigenvalue weighted by Gasteiger charge is -2.26. The smallest absolute Gasteiger partial charge is 0.366 e. The molecule has 3 aromatic rings.